The van der Waals surface area contributed by atoms with Gasteiger partial charge in [-0.2, -0.15) is 0 Å². The Hall–Kier alpha value is -3.74. The van der Waals surface area contributed by atoms with Crippen LogP contribution < -0.4 is 5.32 Å². The molecule has 0 spiro atoms. The number of aromatic nitrogens is 4. The molecule has 0 atom stereocenters. The summed E-state index contributed by atoms with van der Waals surface area (Å²) in [7, 11) is 0. The number of carbonyl (C=O) groups excluding carboxylic acids is 1. The standard InChI is InChI=1S/C22H21N5O2/c1-4-16-7-9-17(10-8-16)19-13-20(29-25-19)23-22(28)21-15(3)27(26-24-21)18-11-5-14(2)6-12-18/h5-13H,4H2,1-3H3,(H,23,28). The third-order valence-electron chi connectivity index (χ3n) is 4.79. The molecule has 0 fully saturated rings. The quantitative estimate of drug-likeness (QED) is 0.550. The fraction of sp³-hybridized carbons (Fsp3) is 0.182. The molecule has 0 radical (unpaired) electrons. The molecule has 4 aromatic rings. The predicted molar refractivity (Wildman–Crippen MR) is 110 cm³/mol. The van der Waals surface area contributed by atoms with Crippen molar-refractivity contribution in [3.8, 4) is 16.9 Å². The predicted octanol–water partition coefficient (Wildman–Crippen LogP) is 4.35. The van der Waals surface area contributed by atoms with Crippen LogP contribution in [0.25, 0.3) is 16.9 Å². The van der Waals surface area contributed by atoms with Crippen LogP contribution in [0.2, 0.25) is 0 Å². The molecule has 0 saturated heterocycles. The Kier molecular flexibility index (Phi) is 4.95. The maximum atomic E-state index is 12.6. The average molecular weight is 387 g/mol. The van der Waals surface area contributed by atoms with Crippen LogP contribution in [0.1, 0.15) is 34.2 Å². The van der Waals surface area contributed by atoms with Gasteiger partial charge in [0, 0.05) is 11.6 Å². The van der Waals surface area contributed by atoms with Crippen molar-refractivity contribution >= 4 is 11.8 Å². The van der Waals surface area contributed by atoms with Gasteiger partial charge in [-0.1, -0.05) is 59.3 Å². The Morgan fingerprint density at radius 2 is 1.79 bits per heavy atom. The molecule has 1 amide bonds. The van der Waals surface area contributed by atoms with Crippen LogP contribution in [0.4, 0.5) is 5.88 Å². The molecule has 7 heteroatoms. The fourth-order valence-electron chi connectivity index (χ4n) is 3.02. The first-order valence-corrected chi connectivity index (χ1v) is 9.42. The highest BCUT2D eigenvalue weighted by Crippen LogP contribution is 2.23. The molecule has 29 heavy (non-hydrogen) atoms. The lowest BCUT2D eigenvalue weighted by molar-refractivity contribution is 0.101. The summed E-state index contributed by atoms with van der Waals surface area (Å²) in [6.45, 7) is 5.92. The van der Waals surface area contributed by atoms with Gasteiger partial charge in [-0.15, -0.1) is 5.10 Å². The van der Waals surface area contributed by atoms with E-state index in [2.05, 4.69) is 39.8 Å². The van der Waals surface area contributed by atoms with Gasteiger partial charge in [0.1, 0.15) is 5.69 Å². The van der Waals surface area contributed by atoms with Gasteiger partial charge in [0.05, 0.1) is 11.4 Å². The lowest BCUT2D eigenvalue weighted by Crippen LogP contribution is -2.13. The van der Waals surface area contributed by atoms with Crippen LogP contribution in [-0.2, 0) is 6.42 Å². The smallest absolute Gasteiger partial charge is 0.280 e. The second kappa shape index (κ2) is 7.71. The number of anilines is 1. The summed E-state index contributed by atoms with van der Waals surface area (Å²) in [6, 6.07) is 17.6. The summed E-state index contributed by atoms with van der Waals surface area (Å²) < 4.78 is 6.91. The molecule has 0 aliphatic rings. The first-order valence-electron chi connectivity index (χ1n) is 9.42. The second-order valence-corrected chi connectivity index (χ2v) is 6.85. The number of nitrogens with zero attached hydrogens (tertiary/aromatic N) is 4. The van der Waals surface area contributed by atoms with E-state index in [9.17, 15) is 4.79 Å². The van der Waals surface area contributed by atoms with Gasteiger partial charge in [-0.05, 0) is 38.0 Å². The van der Waals surface area contributed by atoms with E-state index in [-0.39, 0.29) is 11.6 Å². The van der Waals surface area contributed by atoms with E-state index in [1.54, 1.807) is 17.7 Å². The Bertz CT molecular complexity index is 1140. The molecule has 2 heterocycles. The Morgan fingerprint density at radius 1 is 1.07 bits per heavy atom. The first-order chi connectivity index (χ1) is 14.0. The molecular formula is C22H21N5O2. The number of amides is 1. The van der Waals surface area contributed by atoms with Gasteiger partial charge in [0.2, 0.25) is 5.88 Å². The molecule has 7 nitrogen and oxygen atoms in total. The van der Waals surface area contributed by atoms with E-state index >= 15 is 0 Å². The van der Waals surface area contributed by atoms with Crippen LogP contribution in [0.3, 0.4) is 0 Å². The molecule has 2 aromatic carbocycles. The van der Waals surface area contributed by atoms with Crippen molar-refractivity contribution in [2.45, 2.75) is 27.2 Å². The third kappa shape index (κ3) is 3.80. The van der Waals surface area contributed by atoms with Gasteiger partial charge in [0.15, 0.2) is 5.69 Å². The van der Waals surface area contributed by atoms with Crippen molar-refractivity contribution in [1.82, 2.24) is 20.2 Å². The van der Waals surface area contributed by atoms with Crippen molar-refractivity contribution < 1.29 is 9.32 Å². The normalized spacial score (nSPS) is 10.9. The van der Waals surface area contributed by atoms with Gasteiger partial charge in [0.25, 0.3) is 5.91 Å². The summed E-state index contributed by atoms with van der Waals surface area (Å²) in [5, 5.41) is 14.9. The second-order valence-electron chi connectivity index (χ2n) is 6.85. The van der Waals surface area contributed by atoms with Gasteiger partial charge in [-0.3, -0.25) is 10.1 Å². The number of benzene rings is 2. The number of rotatable bonds is 5. The number of carbonyl (C=O) groups is 1. The zero-order chi connectivity index (χ0) is 20.4. The minimum absolute atomic E-state index is 0.232. The number of nitrogens with one attached hydrogen (secondary N) is 1. The number of aryl methyl sites for hydroxylation is 2. The Morgan fingerprint density at radius 3 is 2.48 bits per heavy atom. The minimum atomic E-state index is -0.398. The molecule has 1 N–H and O–H groups in total. The minimum Gasteiger partial charge on any atom is -0.338 e. The molecule has 0 unspecified atom stereocenters. The largest absolute Gasteiger partial charge is 0.338 e. The molecular weight excluding hydrogens is 366 g/mol. The highest BCUT2D eigenvalue weighted by Gasteiger charge is 2.19. The van der Waals surface area contributed by atoms with E-state index in [0.717, 1.165) is 23.2 Å². The van der Waals surface area contributed by atoms with E-state index in [1.165, 1.54) is 5.56 Å². The SMILES string of the molecule is CCc1ccc(-c2cc(NC(=O)c3nnn(-c4ccc(C)cc4)c3C)on2)cc1. The molecule has 0 saturated carbocycles. The first kappa shape index (κ1) is 18.6. The molecule has 4 rings (SSSR count). The van der Waals surface area contributed by atoms with Gasteiger partial charge >= 0.3 is 0 Å². The zero-order valence-corrected chi connectivity index (χ0v) is 16.5. The summed E-state index contributed by atoms with van der Waals surface area (Å²) in [5.74, 6) is -0.140. The van der Waals surface area contributed by atoms with Crippen molar-refractivity contribution in [3.05, 3.63) is 77.1 Å². The summed E-state index contributed by atoms with van der Waals surface area (Å²) in [5.41, 5.74) is 5.69. The van der Waals surface area contributed by atoms with Crippen molar-refractivity contribution in [2.24, 2.45) is 0 Å². The molecule has 2 aromatic heterocycles. The van der Waals surface area contributed by atoms with E-state index in [1.807, 2.05) is 43.3 Å². The van der Waals surface area contributed by atoms with E-state index in [0.29, 0.717) is 11.4 Å². The molecule has 0 aliphatic carbocycles. The van der Waals surface area contributed by atoms with Gasteiger partial charge < -0.3 is 4.52 Å². The molecule has 146 valence electrons. The Balaban J connectivity index is 1.51. The van der Waals surface area contributed by atoms with Crippen LogP contribution >= 0.6 is 0 Å². The number of hydrogen-bond donors (Lipinski definition) is 1. The maximum Gasteiger partial charge on any atom is 0.280 e. The highest BCUT2D eigenvalue weighted by atomic mass is 16.5. The molecule has 0 bridgehead atoms. The van der Waals surface area contributed by atoms with E-state index < -0.39 is 5.91 Å². The van der Waals surface area contributed by atoms with Crippen LogP contribution in [0.5, 0.6) is 0 Å². The Labute approximate surface area is 168 Å². The fourth-order valence-corrected chi connectivity index (χ4v) is 3.02. The van der Waals surface area contributed by atoms with Crippen molar-refractivity contribution in [1.29, 1.82) is 0 Å². The lowest BCUT2D eigenvalue weighted by atomic mass is 10.1. The highest BCUT2D eigenvalue weighted by molar-refractivity contribution is 6.03. The summed E-state index contributed by atoms with van der Waals surface area (Å²) in [4.78, 5) is 12.6. The zero-order valence-electron chi connectivity index (χ0n) is 16.5. The monoisotopic (exact) mass is 387 g/mol. The molecule has 0 aliphatic heterocycles. The van der Waals surface area contributed by atoms with Crippen molar-refractivity contribution in [3.63, 3.8) is 0 Å². The lowest BCUT2D eigenvalue weighted by Gasteiger charge is -2.04. The average Bonchev–Trinajstić information content (AvgIpc) is 3.35. The van der Waals surface area contributed by atoms with Crippen LogP contribution in [0, 0.1) is 13.8 Å². The summed E-state index contributed by atoms with van der Waals surface area (Å²) >= 11 is 0. The van der Waals surface area contributed by atoms with Crippen LogP contribution in [0.15, 0.2) is 59.1 Å². The number of hydrogen-bond acceptors (Lipinski definition) is 5. The third-order valence-corrected chi connectivity index (χ3v) is 4.79. The van der Waals surface area contributed by atoms with E-state index in [4.69, 9.17) is 4.52 Å². The topological polar surface area (TPSA) is 85.8 Å². The summed E-state index contributed by atoms with van der Waals surface area (Å²) in [6.07, 6.45) is 0.975. The van der Waals surface area contributed by atoms with Gasteiger partial charge in [-0.25, -0.2) is 4.68 Å². The van der Waals surface area contributed by atoms with Crippen molar-refractivity contribution in [2.75, 3.05) is 5.32 Å². The maximum absolute atomic E-state index is 12.6. The van der Waals surface area contributed by atoms with Crippen LogP contribution in [-0.4, -0.2) is 26.1 Å².